The average Bonchev–Trinajstić information content (AvgIpc) is 2.79. The number of hydrogen-bond acceptors (Lipinski definition) is 3. The van der Waals surface area contributed by atoms with Gasteiger partial charge in [-0.1, -0.05) is 6.92 Å². The number of carbonyl (C=O) groups is 2. The van der Waals surface area contributed by atoms with Gasteiger partial charge >= 0.3 is 0 Å². The fourth-order valence-electron chi connectivity index (χ4n) is 2.53. The van der Waals surface area contributed by atoms with Crippen molar-refractivity contribution in [2.24, 2.45) is 0 Å². The molecule has 2 rings (SSSR count). The van der Waals surface area contributed by atoms with Crippen molar-refractivity contribution in [3.8, 4) is 5.75 Å². The first kappa shape index (κ1) is 16.3. The molecule has 22 heavy (non-hydrogen) atoms. The molecule has 0 spiro atoms. The van der Waals surface area contributed by atoms with Gasteiger partial charge in [-0.2, -0.15) is 0 Å². The number of amides is 2. The van der Waals surface area contributed by atoms with Crippen LogP contribution in [0.25, 0.3) is 0 Å². The van der Waals surface area contributed by atoms with E-state index in [0.29, 0.717) is 31.8 Å². The van der Waals surface area contributed by atoms with Gasteiger partial charge in [-0.15, -0.1) is 0 Å². The largest absolute Gasteiger partial charge is 0.494 e. The standard InChI is InChI=1S/C17H24N2O3/c1-3-13-22-16-7-5-15(6-8-16)17(21)19-10-4-9-18(11-12-19)14(2)20/h5-8H,3-4,9-13H2,1-2H3. The molecule has 120 valence electrons. The second-order valence-electron chi connectivity index (χ2n) is 5.52. The van der Waals surface area contributed by atoms with E-state index in [9.17, 15) is 9.59 Å². The number of rotatable bonds is 4. The minimum Gasteiger partial charge on any atom is -0.494 e. The fraction of sp³-hybridized carbons (Fsp3) is 0.529. The van der Waals surface area contributed by atoms with Crippen molar-refractivity contribution >= 4 is 11.8 Å². The molecule has 1 aliphatic rings. The van der Waals surface area contributed by atoms with E-state index in [1.54, 1.807) is 24.0 Å². The smallest absolute Gasteiger partial charge is 0.253 e. The van der Waals surface area contributed by atoms with Crippen LogP contribution >= 0.6 is 0 Å². The van der Waals surface area contributed by atoms with E-state index in [1.165, 1.54) is 0 Å². The van der Waals surface area contributed by atoms with Crippen molar-refractivity contribution in [2.45, 2.75) is 26.7 Å². The summed E-state index contributed by atoms with van der Waals surface area (Å²) in [4.78, 5) is 27.6. The Balaban J connectivity index is 1.97. The van der Waals surface area contributed by atoms with Crippen LogP contribution in [-0.4, -0.2) is 54.4 Å². The third-order valence-electron chi connectivity index (χ3n) is 3.80. The lowest BCUT2D eigenvalue weighted by atomic mass is 10.2. The van der Waals surface area contributed by atoms with Crippen LogP contribution in [0.15, 0.2) is 24.3 Å². The first-order valence-corrected chi connectivity index (χ1v) is 7.89. The zero-order valence-electron chi connectivity index (χ0n) is 13.4. The normalized spacial score (nSPS) is 15.4. The molecule has 0 bridgehead atoms. The highest BCUT2D eigenvalue weighted by atomic mass is 16.5. The highest BCUT2D eigenvalue weighted by Crippen LogP contribution is 2.15. The van der Waals surface area contributed by atoms with Gasteiger partial charge in [0.1, 0.15) is 5.75 Å². The highest BCUT2D eigenvalue weighted by molar-refractivity contribution is 5.94. The van der Waals surface area contributed by atoms with Crippen molar-refractivity contribution < 1.29 is 14.3 Å². The van der Waals surface area contributed by atoms with Gasteiger partial charge in [-0.3, -0.25) is 9.59 Å². The third kappa shape index (κ3) is 4.23. The van der Waals surface area contributed by atoms with Crippen LogP contribution in [-0.2, 0) is 4.79 Å². The molecule has 1 aromatic rings. The number of carbonyl (C=O) groups excluding carboxylic acids is 2. The van der Waals surface area contributed by atoms with E-state index >= 15 is 0 Å². The number of benzene rings is 1. The maximum atomic E-state index is 12.5. The molecule has 2 amide bonds. The van der Waals surface area contributed by atoms with Crippen LogP contribution in [0, 0.1) is 0 Å². The molecule has 0 aromatic heterocycles. The maximum Gasteiger partial charge on any atom is 0.253 e. The predicted molar refractivity (Wildman–Crippen MR) is 85.0 cm³/mol. The Morgan fingerprint density at radius 3 is 2.32 bits per heavy atom. The summed E-state index contributed by atoms with van der Waals surface area (Å²) in [5.74, 6) is 0.885. The van der Waals surface area contributed by atoms with Gasteiger partial charge < -0.3 is 14.5 Å². The van der Waals surface area contributed by atoms with Crippen molar-refractivity contribution in [2.75, 3.05) is 32.8 Å². The highest BCUT2D eigenvalue weighted by Gasteiger charge is 2.21. The van der Waals surface area contributed by atoms with E-state index in [0.717, 1.165) is 25.1 Å². The SMILES string of the molecule is CCCOc1ccc(C(=O)N2CCCN(C(C)=O)CC2)cc1. The predicted octanol–water partition coefficient (Wildman–Crippen LogP) is 2.17. The van der Waals surface area contributed by atoms with Gasteiger partial charge in [0.25, 0.3) is 5.91 Å². The summed E-state index contributed by atoms with van der Waals surface area (Å²) in [6.07, 6.45) is 1.78. The molecule has 1 fully saturated rings. The Morgan fingerprint density at radius 1 is 1.05 bits per heavy atom. The van der Waals surface area contributed by atoms with Gasteiger partial charge in [0.15, 0.2) is 0 Å². The molecule has 1 heterocycles. The Kier molecular flexibility index (Phi) is 5.81. The molecule has 5 heteroatoms. The van der Waals surface area contributed by atoms with Crippen LogP contribution < -0.4 is 4.74 Å². The first-order chi connectivity index (χ1) is 10.6. The van der Waals surface area contributed by atoms with Crippen LogP contribution in [0.4, 0.5) is 0 Å². The minimum absolute atomic E-state index is 0.0208. The topological polar surface area (TPSA) is 49.9 Å². The van der Waals surface area contributed by atoms with E-state index in [2.05, 4.69) is 6.92 Å². The van der Waals surface area contributed by atoms with Crippen molar-refractivity contribution in [3.05, 3.63) is 29.8 Å². The van der Waals surface area contributed by atoms with Crippen molar-refractivity contribution in [1.29, 1.82) is 0 Å². The summed E-state index contributed by atoms with van der Waals surface area (Å²) in [6, 6.07) is 7.28. The van der Waals surface area contributed by atoms with Crippen LogP contribution in [0.3, 0.4) is 0 Å². The molecule has 5 nitrogen and oxygen atoms in total. The summed E-state index contributed by atoms with van der Waals surface area (Å²) < 4.78 is 5.53. The van der Waals surface area contributed by atoms with Crippen LogP contribution in [0.5, 0.6) is 5.75 Å². The Morgan fingerprint density at radius 2 is 1.68 bits per heavy atom. The quantitative estimate of drug-likeness (QED) is 0.856. The second kappa shape index (κ2) is 7.82. The number of ether oxygens (including phenoxy) is 1. The third-order valence-corrected chi connectivity index (χ3v) is 3.80. The van der Waals surface area contributed by atoms with E-state index in [-0.39, 0.29) is 11.8 Å². The van der Waals surface area contributed by atoms with Crippen LogP contribution in [0.1, 0.15) is 37.0 Å². The lowest BCUT2D eigenvalue weighted by Crippen LogP contribution is -2.36. The van der Waals surface area contributed by atoms with E-state index in [1.807, 2.05) is 17.0 Å². The molecule has 1 saturated heterocycles. The summed E-state index contributed by atoms with van der Waals surface area (Å²) in [5.41, 5.74) is 0.667. The summed E-state index contributed by atoms with van der Waals surface area (Å²) in [5, 5.41) is 0. The van der Waals surface area contributed by atoms with Gasteiger partial charge in [0.05, 0.1) is 6.61 Å². The second-order valence-corrected chi connectivity index (χ2v) is 5.52. The number of hydrogen-bond donors (Lipinski definition) is 0. The fourth-order valence-corrected chi connectivity index (χ4v) is 2.53. The monoisotopic (exact) mass is 304 g/mol. The van der Waals surface area contributed by atoms with Gasteiger partial charge in [-0.25, -0.2) is 0 Å². The maximum absolute atomic E-state index is 12.5. The Bertz CT molecular complexity index is 513. The molecule has 0 radical (unpaired) electrons. The van der Waals surface area contributed by atoms with Crippen LogP contribution in [0.2, 0.25) is 0 Å². The summed E-state index contributed by atoms with van der Waals surface area (Å²) >= 11 is 0. The molecule has 0 aliphatic carbocycles. The average molecular weight is 304 g/mol. The lowest BCUT2D eigenvalue weighted by molar-refractivity contribution is -0.128. The molecular weight excluding hydrogens is 280 g/mol. The van der Waals surface area contributed by atoms with Crippen molar-refractivity contribution in [3.63, 3.8) is 0 Å². The summed E-state index contributed by atoms with van der Waals surface area (Å²) in [6.45, 7) is 6.93. The lowest BCUT2D eigenvalue weighted by Gasteiger charge is -2.21. The zero-order chi connectivity index (χ0) is 15.9. The molecule has 0 N–H and O–H groups in total. The minimum atomic E-state index is 0.0208. The van der Waals surface area contributed by atoms with Crippen molar-refractivity contribution in [1.82, 2.24) is 9.80 Å². The van der Waals surface area contributed by atoms with Gasteiger partial charge in [-0.05, 0) is 37.1 Å². The molecular formula is C17H24N2O3. The molecule has 1 aliphatic heterocycles. The Labute approximate surface area is 131 Å². The Hall–Kier alpha value is -2.04. The molecule has 0 unspecified atom stereocenters. The molecule has 0 saturated carbocycles. The van der Waals surface area contributed by atoms with E-state index in [4.69, 9.17) is 4.74 Å². The summed E-state index contributed by atoms with van der Waals surface area (Å²) in [7, 11) is 0. The first-order valence-electron chi connectivity index (χ1n) is 7.89. The number of nitrogens with zero attached hydrogens (tertiary/aromatic N) is 2. The zero-order valence-corrected chi connectivity index (χ0v) is 13.4. The molecule has 0 atom stereocenters. The molecule has 1 aromatic carbocycles. The van der Waals surface area contributed by atoms with E-state index < -0.39 is 0 Å². The van der Waals surface area contributed by atoms with Gasteiger partial charge in [0, 0.05) is 38.7 Å². The van der Waals surface area contributed by atoms with Gasteiger partial charge in [0.2, 0.25) is 5.91 Å².